The predicted octanol–water partition coefficient (Wildman–Crippen LogP) is 2.92. The van der Waals surface area contributed by atoms with E-state index in [2.05, 4.69) is 10.6 Å². The molecule has 2 amide bonds. The van der Waals surface area contributed by atoms with Crippen LogP contribution < -0.4 is 10.6 Å². The summed E-state index contributed by atoms with van der Waals surface area (Å²) in [7, 11) is 1.70. The van der Waals surface area contributed by atoms with Gasteiger partial charge in [0.1, 0.15) is 0 Å². The highest BCUT2D eigenvalue weighted by molar-refractivity contribution is 5.89. The van der Waals surface area contributed by atoms with Crippen molar-refractivity contribution in [1.82, 2.24) is 10.2 Å². The van der Waals surface area contributed by atoms with Gasteiger partial charge in [-0.2, -0.15) is 13.2 Å². The van der Waals surface area contributed by atoms with Gasteiger partial charge in [0, 0.05) is 18.8 Å². The van der Waals surface area contributed by atoms with E-state index in [9.17, 15) is 18.0 Å². The van der Waals surface area contributed by atoms with E-state index in [4.69, 9.17) is 0 Å². The smallest absolute Gasteiger partial charge is 0.325 e. The molecule has 0 aromatic heterocycles. The molecule has 1 aliphatic rings. The van der Waals surface area contributed by atoms with Gasteiger partial charge in [0.25, 0.3) is 0 Å². The summed E-state index contributed by atoms with van der Waals surface area (Å²) in [6.07, 6.45) is -2.62. The number of hydrogen-bond donors (Lipinski definition) is 2. The van der Waals surface area contributed by atoms with Gasteiger partial charge in [0.15, 0.2) is 0 Å². The van der Waals surface area contributed by atoms with Crippen molar-refractivity contribution in [2.75, 3.05) is 25.5 Å². The molecule has 1 aromatic carbocycles. The van der Waals surface area contributed by atoms with Gasteiger partial charge in [-0.3, -0.25) is 0 Å². The molecule has 1 fully saturated rings. The molecule has 2 N–H and O–H groups in total. The summed E-state index contributed by atoms with van der Waals surface area (Å²) in [6, 6.07) is 4.29. The maximum atomic E-state index is 12.5. The van der Waals surface area contributed by atoms with Gasteiger partial charge in [-0.15, -0.1) is 0 Å². The summed E-state index contributed by atoms with van der Waals surface area (Å²) < 4.78 is 37.4. The number of alkyl halides is 3. The number of urea groups is 1. The lowest BCUT2D eigenvalue weighted by Gasteiger charge is -2.31. The van der Waals surface area contributed by atoms with Gasteiger partial charge >= 0.3 is 12.2 Å². The van der Waals surface area contributed by atoms with Crippen LogP contribution in [0.4, 0.5) is 23.7 Å². The average molecular weight is 301 g/mol. The standard InChI is InChI=1S/C14H18F3N3O/c1-20(12-6-8-18-9-7-12)13(21)19-11-4-2-10(3-5-11)14(15,16)17/h2-5,12,18H,6-9H2,1H3,(H,19,21). The van der Waals surface area contributed by atoms with Crippen LogP contribution in [0.5, 0.6) is 0 Å². The van der Waals surface area contributed by atoms with Crippen molar-refractivity contribution in [1.29, 1.82) is 0 Å². The summed E-state index contributed by atoms with van der Waals surface area (Å²) >= 11 is 0. The van der Waals surface area contributed by atoms with Crippen LogP contribution in [0, 0.1) is 0 Å². The highest BCUT2D eigenvalue weighted by atomic mass is 19.4. The van der Waals surface area contributed by atoms with Crippen LogP contribution in [-0.2, 0) is 6.18 Å². The fourth-order valence-electron chi connectivity index (χ4n) is 2.31. The minimum absolute atomic E-state index is 0.153. The molecule has 0 aliphatic carbocycles. The number of amides is 2. The number of piperidine rings is 1. The Labute approximate surface area is 121 Å². The van der Waals surface area contributed by atoms with Gasteiger partial charge in [-0.1, -0.05) is 0 Å². The van der Waals surface area contributed by atoms with Crippen LogP contribution in [-0.4, -0.2) is 37.1 Å². The Bertz CT molecular complexity index is 481. The highest BCUT2D eigenvalue weighted by Gasteiger charge is 2.30. The minimum atomic E-state index is -4.37. The molecule has 0 bridgehead atoms. The molecule has 0 spiro atoms. The first kappa shape index (κ1) is 15.6. The molecule has 4 nitrogen and oxygen atoms in total. The zero-order valence-electron chi connectivity index (χ0n) is 11.7. The molecule has 2 rings (SSSR count). The van der Waals surface area contributed by atoms with E-state index in [1.807, 2.05) is 0 Å². The average Bonchev–Trinajstić information content (AvgIpc) is 2.47. The van der Waals surface area contributed by atoms with Crippen LogP contribution in [0.25, 0.3) is 0 Å². The van der Waals surface area contributed by atoms with Crippen LogP contribution in [0.3, 0.4) is 0 Å². The maximum Gasteiger partial charge on any atom is 0.416 e. The Balaban J connectivity index is 1.95. The second-order valence-corrected chi connectivity index (χ2v) is 5.10. The lowest BCUT2D eigenvalue weighted by Crippen LogP contribution is -2.45. The van der Waals surface area contributed by atoms with E-state index in [1.165, 1.54) is 12.1 Å². The number of anilines is 1. The number of halogens is 3. The van der Waals surface area contributed by atoms with Crippen LogP contribution in [0.2, 0.25) is 0 Å². The first-order valence-corrected chi connectivity index (χ1v) is 6.80. The van der Waals surface area contributed by atoms with Gasteiger partial charge in [-0.05, 0) is 50.2 Å². The Morgan fingerprint density at radius 1 is 1.24 bits per heavy atom. The van der Waals surface area contributed by atoms with Crippen LogP contribution in [0.1, 0.15) is 18.4 Å². The topological polar surface area (TPSA) is 44.4 Å². The number of benzene rings is 1. The molecule has 1 saturated heterocycles. The second-order valence-electron chi connectivity index (χ2n) is 5.10. The highest BCUT2D eigenvalue weighted by Crippen LogP contribution is 2.29. The SMILES string of the molecule is CN(C(=O)Nc1ccc(C(F)(F)F)cc1)C1CCNCC1. The fraction of sp³-hybridized carbons (Fsp3) is 0.500. The fourth-order valence-corrected chi connectivity index (χ4v) is 2.31. The zero-order chi connectivity index (χ0) is 15.5. The Morgan fingerprint density at radius 3 is 2.33 bits per heavy atom. The second kappa shape index (κ2) is 6.34. The van der Waals surface area contributed by atoms with E-state index < -0.39 is 11.7 Å². The molecule has 116 valence electrons. The lowest BCUT2D eigenvalue weighted by molar-refractivity contribution is -0.137. The van der Waals surface area contributed by atoms with Crippen molar-refractivity contribution in [3.8, 4) is 0 Å². The number of nitrogens with zero attached hydrogens (tertiary/aromatic N) is 1. The van der Waals surface area contributed by atoms with Gasteiger partial charge < -0.3 is 15.5 Å². The van der Waals surface area contributed by atoms with Gasteiger partial charge in [0.2, 0.25) is 0 Å². The van der Waals surface area contributed by atoms with Crippen LogP contribution in [0.15, 0.2) is 24.3 Å². The molecule has 0 saturated carbocycles. The zero-order valence-corrected chi connectivity index (χ0v) is 11.7. The minimum Gasteiger partial charge on any atom is -0.325 e. The number of nitrogens with one attached hydrogen (secondary N) is 2. The van der Waals surface area contributed by atoms with Crippen molar-refractivity contribution >= 4 is 11.7 Å². The number of carbonyl (C=O) groups is 1. The van der Waals surface area contributed by atoms with Crippen molar-refractivity contribution < 1.29 is 18.0 Å². The van der Waals surface area contributed by atoms with Gasteiger partial charge in [0.05, 0.1) is 5.56 Å². The summed E-state index contributed by atoms with van der Waals surface area (Å²) in [5.74, 6) is 0. The van der Waals surface area contributed by atoms with E-state index in [0.717, 1.165) is 38.1 Å². The first-order valence-electron chi connectivity index (χ1n) is 6.80. The third-order valence-electron chi connectivity index (χ3n) is 3.64. The van der Waals surface area contributed by atoms with Crippen molar-refractivity contribution in [2.45, 2.75) is 25.1 Å². The molecule has 7 heteroatoms. The van der Waals surface area contributed by atoms with Gasteiger partial charge in [-0.25, -0.2) is 4.79 Å². The van der Waals surface area contributed by atoms with Crippen molar-refractivity contribution in [3.05, 3.63) is 29.8 Å². The van der Waals surface area contributed by atoms with Crippen LogP contribution >= 0.6 is 0 Å². The predicted molar refractivity (Wildman–Crippen MR) is 74.1 cm³/mol. The Hall–Kier alpha value is -1.76. The molecule has 21 heavy (non-hydrogen) atoms. The molecule has 0 atom stereocenters. The molecule has 0 unspecified atom stereocenters. The van der Waals surface area contributed by atoms with E-state index in [0.29, 0.717) is 5.69 Å². The molecular weight excluding hydrogens is 283 g/mol. The Kier molecular flexibility index (Phi) is 4.72. The Morgan fingerprint density at radius 2 is 1.81 bits per heavy atom. The molecule has 0 radical (unpaired) electrons. The van der Waals surface area contributed by atoms with E-state index >= 15 is 0 Å². The van der Waals surface area contributed by atoms with E-state index in [1.54, 1.807) is 11.9 Å². The number of hydrogen-bond acceptors (Lipinski definition) is 2. The first-order chi connectivity index (χ1) is 9.88. The summed E-state index contributed by atoms with van der Waals surface area (Å²) in [5, 5.41) is 5.83. The lowest BCUT2D eigenvalue weighted by atomic mass is 10.1. The number of rotatable bonds is 2. The largest absolute Gasteiger partial charge is 0.416 e. The quantitative estimate of drug-likeness (QED) is 0.882. The third-order valence-corrected chi connectivity index (χ3v) is 3.64. The maximum absolute atomic E-state index is 12.5. The third kappa shape index (κ3) is 4.10. The number of carbonyl (C=O) groups excluding carboxylic acids is 1. The molecule has 1 heterocycles. The van der Waals surface area contributed by atoms with Crippen molar-refractivity contribution in [2.24, 2.45) is 0 Å². The normalized spacial score (nSPS) is 16.6. The molecular formula is C14H18F3N3O. The van der Waals surface area contributed by atoms with E-state index in [-0.39, 0.29) is 12.1 Å². The summed E-state index contributed by atoms with van der Waals surface area (Å²) in [4.78, 5) is 13.7. The molecule has 1 aromatic rings. The molecule has 1 aliphatic heterocycles. The van der Waals surface area contributed by atoms with Crippen molar-refractivity contribution in [3.63, 3.8) is 0 Å². The summed E-state index contributed by atoms with van der Waals surface area (Å²) in [5.41, 5.74) is -0.374. The summed E-state index contributed by atoms with van der Waals surface area (Å²) in [6.45, 7) is 1.73. The monoisotopic (exact) mass is 301 g/mol.